The number of hydrogen-bond acceptors (Lipinski definition) is 2. The molecule has 0 saturated heterocycles. The molecule has 1 heterocycles. The van der Waals surface area contributed by atoms with Gasteiger partial charge in [-0.1, -0.05) is 131 Å². The molecule has 1 atom stereocenters. The van der Waals surface area contributed by atoms with Gasteiger partial charge in [-0.05, 0) is 42.7 Å². The van der Waals surface area contributed by atoms with Crippen LogP contribution in [0.5, 0.6) is 0 Å². The summed E-state index contributed by atoms with van der Waals surface area (Å²) in [6, 6.07) is 6.75. The van der Waals surface area contributed by atoms with E-state index in [1.807, 2.05) is 0 Å². The highest BCUT2D eigenvalue weighted by molar-refractivity contribution is 5.79. The van der Waals surface area contributed by atoms with Crippen molar-refractivity contribution in [1.29, 1.82) is 0 Å². The van der Waals surface area contributed by atoms with E-state index in [2.05, 4.69) is 65.9 Å². The van der Waals surface area contributed by atoms with Crippen LogP contribution in [0.1, 0.15) is 156 Å². The summed E-state index contributed by atoms with van der Waals surface area (Å²) in [5, 5.41) is 0. The average Bonchev–Trinajstić information content (AvgIpc) is 2.84. The lowest BCUT2D eigenvalue weighted by atomic mass is 9.73. The average molecular weight is 467 g/mol. The van der Waals surface area contributed by atoms with Crippen molar-refractivity contribution in [3.8, 4) is 0 Å². The van der Waals surface area contributed by atoms with Crippen LogP contribution in [0.2, 0.25) is 0 Å². The van der Waals surface area contributed by atoms with E-state index in [-0.39, 0.29) is 10.8 Å². The maximum Gasteiger partial charge on any atom is 0.0927 e. The molecule has 192 valence electrons. The third kappa shape index (κ3) is 8.06. The van der Waals surface area contributed by atoms with Crippen LogP contribution in [0.4, 0.5) is 0 Å². The molecule has 1 unspecified atom stereocenters. The number of rotatable bonds is 18. The first-order chi connectivity index (χ1) is 16.4. The van der Waals surface area contributed by atoms with Crippen molar-refractivity contribution in [1.82, 2.24) is 9.97 Å². The molecule has 0 aliphatic heterocycles. The maximum absolute atomic E-state index is 5.44. The standard InChI is InChI=1S/C32H54N2/c1-7-11-14-17-23-31(5,24-18-15-12-8-2)27-20-19-21-28-30(27)34-29(26-33-28)32(6,22-10-4)25-16-13-9-3/h19-21,26H,7-18,22-25H2,1-6H3. The third-order valence-electron chi connectivity index (χ3n) is 8.14. The lowest BCUT2D eigenvalue weighted by molar-refractivity contribution is 0.362. The summed E-state index contributed by atoms with van der Waals surface area (Å²) in [6.07, 6.45) is 22.6. The number of hydrogen-bond donors (Lipinski definition) is 0. The van der Waals surface area contributed by atoms with Crippen LogP contribution in [0.25, 0.3) is 11.0 Å². The zero-order valence-corrected chi connectivity index (χ0v) is 23.5. The van der Waals surface area contributed by atoms with Gasteiger partial charge in [0.25, 0.3) is 0 Å². The fourth-order valence-corrected chi connectivity index (χ4v) is 5.79. The van der Waals surface area contributed by atoms with E-state index in [1.165, 1.54) is 120 Å². The zero-order valence-electron chi connectivity index (χ0n) is 23.5. The highest BCUT2D eigenvalue weighted by Gasteiger charge is 2.31. The molecule has 2 rings (SSSR count). The fraction of sp³-hybridized carbons (Fsp3) is 0.750. The molecule has 0 amide bonds. The van der Waals surface area contributed by atoms with Gasteiger partial charge in [0.15, 0.2) is 0 Å². The SMILES string of the molecule is CCCCCCC(C)(CCCCCC)c1cccc2ncc(C(C)(CCC)CCCCC)nc12. The molecule has 0 fully saturated rings. The minimum atomic E-state index is 0.122. The molecule has 1 aromatic heterocycles. The highest BCUT2D eigenvalue weighted by Crippen LogP contribution is 2.40. The van der Waals surface area contributed by atoms with Crippen molar-refractivity contribution in [3.63, 3.8) is 0 Å². The van der Waals surface area contributed by atoms with Gasteiger partial charge in [-0.2, -0.15) is 0 Å². The fourth-order valence-electron chi connectivity index (χ4n) is 5.79. The number of benzene rings is 1. The molecule has 0 aliphatic carbocycles. The van der Waals surface area contributed by atoms with E-state index in [0.29, 0.717) is 0 Å². The van der Waals surface area contributed by atoms with Crippen LogP contribution >= 0.6 is 0 Å². The van der Waals surface area contributed by atoms with Crippen LogP contribution in [0, 0.1) is 0 Å². The Labute approximate surface area is 211 Å². The van der Waals surface area contributed by atoms with Crippen LogP contribution in [-0.4, -0.2) is 9.97 Å². The molecule has 0 radical (unpaired) electrons. The topological polar surface area (TPSA) is 25.8 Å². The zero-order chi connectivity index (χ0) is 24.9. The summed E-state index contributed by atoms with van der Waals surface area (Å²) in [4.78, 5) is 10.4. The second-order valence-electron chi connectivity index (χ2n) is 11.4. The molecule has 0 spiro atoms. The molecule has 0 N–H and O–H groups in total. The van der Waals surface area contributed by atoms with Crippen LogP contribution in [0.15, 0.2) is 24.4 Å². The Kier molecular flexibility index (Phi) is 12.6. The highest BCUT2D eigenvalue weighted by atomic mass is 14.8. The molecule has 0 saturated carbocycles. The van der Waals surface area contributed by atoms with Crippen molar-refractivity contribution in [3.05, 3.63) is 35.7 Å². The maximum atomic E-state index is 5.44. The monoisotopic (exact) mass is 466 g/mol. The Balaban J connectivity index is 2.45. The first kappa shape index (κ1) is 28.8. The van der Waals surface area contributed by atoms with E-state index >= 15 is 0 Å². The number of unbranched alkanes of at least 4 members (excludes halogenated alkanes) is 8. The molecular formula is C32H54N2. The first-order valence-electron chi connectivity index (χ1n) is 14.7. The molecule has 2 aromatic rings. The van der Waals surface area contributed by atoms with Gasteiger partial charge in [-0.25, -0.2) is 4.98 Å². The van der Waals surface area contributed by atoms with E-state index in [1.54, 1.807) is 0 Å². The lowest BCUT2D eigenvalue weighted by Gasteiger charge is -2.33. The second-order valence-corrected chi connectivity index (χ2v) is 11.4. The Morgan fingerprint density at radius 3 is 1.76 bits per heavy atom. The van der Waals surface area contributed by atoms with Crippen molar-refractivity contribution in [2.45, 2.75) is 155 Å². The molecule has 2 nitrogen and oxygen atoms in total. The summed E-state index contributed by atoms with van der Waals surface area (Å²) in [5.41, 5.74) is 5.20. The third-order valence-corrected chi connectivity index (χ3v) is 8.14. The number of fused-ring (bicyclic) bond motifs is 1. The van der Waals surface area contributed by atoms with Crippen molar-refractivity contribution in [2.75, 3.05) is 0 Å². The Morgan fingerprint density at radius 1 is 0.618 bits per heavy atom. The molecular weight excluding hydrogens is 412 g/mol. The quantitative estimate of drug-likeness (QED) is 0.204. The van der Waals surface area contributed by atoms with Gasteiger partial charge < -0.3 is 0 Å². The van der Waals surface area contributed by atoms with Gasteiger partial charge in [-0.3, -0.25) is 4.98 Å². The van der Waals surface area contributed by atoms with Crippen molar-refractivity contribution >= 4 is 11.0 Å². The summed E-state index contributed by atoms with van der Waals surface area (Å²) < 4.78 is 0. The van der Waals surface area contributed by atoms with E-state index in [9.17, 15) is 0 Å². The van der Waals surface area contributed by atoms with Gasteiger partial charge >= 0.3 is 0 Å². The largest absolute Gasteiger partial charge is 0.253 e. The van der Waals surface area contributed by atoms with Gasteiger partial charge in [0, 0.05) is 11.6 Å². The van der Waals surface area contributed by atoms with E-state index in [4.69, 9.17) is 9.97 Å². The minimum Gasteiger partial charge on any atom is -0.253 e. The number of nitrogens with zero attached hydrogens (tertiary/aromatic N) is 2. The van der Waals surface area contributed by atoms with Crippen LogP contribution in [-0.2, 0) is 10.8 Å². The summed E-state index contributed by atoms with van der Waals surface area (Å²) in [6.45, 7) is 14.2. The predicted molar refractivity (Wildman–Crippen MR) is 151 cm³/mol. The van der Waals surface area contributed by atoms with Crippen molar-refractivity contribution in [2.24, 2.45) is 0 Å². The van der Waals surface area contributed by atoms with Gasteiger partial charge in [-0.15, -0.1) is 0 Å². The summed E-state index contributed by atoms with van der Waals surface area (Å²) in [7, 11) is 0. The Hall–Kier alpha value is -1.44. The second kappa shape index (κ2) is 14.8. The first-order valence-corrected chi connectivity index (χ1v) is 14.7. The van der Waals surface area contributed by atoms with Gasteiger partial charge in [0.05, 0.1) is 16.7 Å². The summed E-state index contributed by atoms with van der Waals surface area (Å²) >= 11 is 0. The molecule has 2 heteroatoms. The number of aromatic nitrogens is 2. The van der Waals surface area contributed by atoms with E-state index in [0.717, 1.165) is 5.52 Å². The van der Waals surface area contributed by atoms with Gasteiger partial charge in [0.1, 0.15) is 0 Å². The Morgan fingerprint density at radius 2 is 1.18 bits per heavy atom. The van der Waals surface area contributed by atoms with Gasteiger partial charge in [0.2, 0.25) is 0 Å². The number of para-hydroxylation sites is 1. The smallest absolute Gasteiger partial charge is 0.0927 e. The molecule has 0 bridgehead atoms. The molecule has 34 heavy (non-hydrogen) atoms. The molecule has 0 aliphatic rings. The Bertz CT molecular complexity index is 815. The van der Waals surface area contributed by atoms with E-state index < -0.39 is 0 Å². The van der Waals surface area contributed by atoms with Crippen LogP contribution < -0.4 is 0 Å². The van der Waals surface area contributed by atoms with Crippen molar-refractivity contribution < 1.29 is 0 Å². The molecule has 1 aromatic carbocycles. The summed E-state index contributed by atoms with van der Waals surface area (Å²) in [5.74, 6) is 0. The normalized spacial score (nSPS) is 13.9. The minimum absolute atomic E-state index is 0.122. The predicted octanol–water partition coefficient (Wildman–Crippen LogP) is 10.5. The lowest BCUT2D eigenvalue weighted by Crippen LogP contribution is -2.26. The van der Waals surface area contributed by atoms with Crippen LogP contribution in [0.3, 0.4) is 0 Å².